The number of aliphatic hydroxyl groups is 2. The summed E-state index contributed by atoms with van der Waals surface area (Å²) in [7, 11) is 0. The molecule has 1 aliphatic rings. The minimum Gasteiger partial charge on any atom is -0.463 e. The number of ether oxygens (including phenoxy) is 1. The van der Waals surface area contributed by atoms with E-state index in [1.165, 1.54) is 6.08 Å². The molecular weight excluding hydrogens is 232 g/mol. The van der Waals surface area contributed by atoms with Crippen molar-refractivity contribution in [2.45, 2.75) is 25.6 Å². The molecule has 0 fully saturated rings. The fourth-order valence-electron chi connectivity index (χ4n) is 2.12. The molecule has 1 aromatic carbocycles. The Bertz CT molecular complexity index is 478. The van der Waals surface area contributed by atoms with Crippen LogP contribution in [0.3, 0.4) is 0 Å². The third-order valence-electron chi connectivity index (χ3n) is 2.99. The molecule has 2 N–H and O–H groups in total. The molecule has 96 valence electrons. The number of rotatable bonds is 2. The van der Waals surface area contributed by atoms with Crippen LogP contribution in [-0.4, -0.2) is 28.9 Å². The Balaban J connectivity index is 2.35. The fourth-order valence-corrected chi connectivity index (χ4v) is 2.12. The number of aliphatic hydroxyl groups excluding tert-OH is 2. The summed E-state index contributed by atoms with van der Waals surface area (Å²) in [5, 5.41) is 20.1. The van der Waals surface area contributed by atoms with Gasteiger partial charge < -0.3 is 14.9 Å². The van der Waals surface area contributed by atoms with Gasteiger partial charge in [0.25, 0.3) is 0 Å². The molecule has 2 atom stereocenters. The maximum Gasteiger partial charge on any atom is 0.336 e. The van der Waals surface area contributed by atoms with E-state index < -0.39 is 18.2 Å². The molecule has 0 amide bonds. The first kappa shape index (κ1) is 12.8. The number of hydrogen-bond acceptors (Lipinski definition) is 4. The van der Waals surface area contributed by atoms with E-state index in [-0.39, 0.29) is 12.2 Å². The van der Waals surface area contributed by atoms with Crippen LogP contribution in [0.15, 0.2) is 35.9 Å². The summed E-state index contributed by atoms with van der Waals surface area (Å²) in [6, 6.07) is 7.28. The Hall–Kier alpha value is -1.65. The Kier molecular flexibility index (Phi) is 3.79. The fraction of sp³-hybridized carbons (Fsp3) is 0.357. The number of fused-ring (bicyclic) bond motifs is 1. The lowest BCUT2D eigenvalue weighted by atomic mass is 10.0. The van der Waals surface area contributed by atoms with Gasteiger partial charge in [-0.2, -0.15) is 0 Å². The Labute approximate surface area is 106 Å². The molecule has 0 bridgehead atoms. The van der Waals surface area contributed by atoms with Crippen molar-refractivity contribution >= 4 is 5.97 Å². The highest BCUT2D eigenvalue weighted by atomic mass is 16.5. The quantitative estimate of drug-likeness (QED) is 0.770. The van der Waals surface area contributed by atoms with Crippen molar-refractivity contribution in [1.29, 1.82) is 0 Å². The van der Waals surface area contributed by atoms with Crippen molar-refractivity contribution in [3.05, 3.63) is 47.0 Å². The van der Waals surface area contributed by atoms with E-state index in [1.807, 2.05) is 18.2 Å². The molecule has 2 rings (SSSR count). The van der Waals surface area contributed by atoms with Crippen molar-refractivity contribution in [3.63, 3.8) is 0 Å². The molecule has 1 aliphatic carbocycles. The zero-order valence-corrected chi connectivity index (χ0v) is 10.2. The summed E-state index contributed by atoms with van der Waals surface area (Å²) in [5.41, 5.74) is 1.68. The van der Waals surface area contributed by atoms with E-state index in [1.54, 1.807) is 13.0 Å². The first-order chi connectivity index (χ1) is 8.63. The minimum absolute atomic E-state index is 0.126. The lowest BCUT2D eigenvalue weighted by Gasteiger charge is -2.12. The molecule has 4 nitrogen and oxygen atoms in total. The van der Waals surface area contributed by atoms with Gasteiger partial charge in [0.2, 0.25) is 0 Å². The largest absolute Gasteiger partial charge is 0.463 e. The lowest BCUT2D eigenvalue weighted by Crippen LogP contribution is -2.21. The van der Waals surface area contributed by atoms with Gasteiger partial charge in [0, 0.05) is 6.42 Å². The van der Waals surface area contributed by atoms with Gasteiger partial charge in [-0.1, -0.05) is 24.3 Å². The van der Waals surface area contributed by atoms with Crippen LogP contribution in [0.1, 0.15) is 24.2 Å². The first-order valence-corrected chi connectivity index (χ1v) is 5.96. The maximum atomic E-state index is 11.7. The van der Waals surface area contributed by atoms with E-state index in [0.717, 1.165) is 11.1 Å². The highest BCUT2D eigenvalue weighted by molar-refractivity contribution is 5.90. The second-order valence-corrected chi connectivity index (χ2v) is 4.21. The molecule has 18 heavy (non-hydrogen) atoms. The molecule has 0 aliphatic heterocycles. The predicted molar refractivity (Wildman–Crippen MR) is 65.8 cm³/mol. The van der Waals surface area contributed by atoms with E-state index in [2.05, 4.69) is 0 Å². The summed E-state index contributed by atoms with van der Waals surface area (Å²) in [6.07, 6.45) is -0.160. The maximum absolute atomic E-state index is 11.7. The van der Waals surface area contributed by atoms with Crippen LogP contribution in [0.4, 0.5) is 0 Å². The summed E-state index contributed by atoms with van der Waals surface area (Å²) in [6.45, 7) is 1.94. The zero-order valence-electron chi connectivity index (χ0n) is 10.2. The number of hydrogen-bond donors (Lipinski definition) is 2. The average Bonchev–Trinajstić information content (AvgIpc) is 2.47. The van der Waals surface area contributed by atoms with Crippen LogP contribution in [0.2, 0.25) is 0 Å². The molecule has 0 unspecified atom stereocenters. The van der Waals surface area contributed by atoms with Crippen LogP contribution in [-0.2, 0) is 16.0 Å². The smallest absolute Gasteiger partial charge is 0.336 e. The lowest BCUT2D eigenvalue weighted by molar-refractivity contribution is -0.139. The molecule has 1 aromatic rings. The average molecular weight is 248 g/mol. The van der Waals surface area contributed by atoms with Crippen molar-refractivity contribution in [2.24, 2.45) is 0 Å². The molecule has 0 heterocycles. The van der Waals surface area contributed by atoms with Crippen molar-refractivity contribution in [3.8, 4) is 0 Å². The zero-order chi connectivity index (χ0) is 13.1. The van der Waals surface area contributed by atoms with Crippen LogP contribution in [0.25, 0.3) is 0 Å². The van der Waals surface area contributed by atoms with E-state index in [0.29, 0.717) is 6.42 Å². The van der Waals surface area contributed by atoms with Crippen molar-refractivity contribution in [1.82, 2.24) is 0 Å². The second-order valence-electron chi connectivity index (χ2n) is 4.21. The van der Waals surface area contributed by atoms with E-state index in [4.69, 9.17) is 4.74 Å². The standard InChI is InChI=1S/C14H16O4/c1-2-18-14(17)11-8-13(16)10-6-4-3-5-9(10)7-12(11)15/h3-6,8,12-13,15-16H,2,7H2,1H3/t12-,13-/m0/s1. The SMILES string of the molecule is CCOC(=O)C1=C[C@H](O)c2ccccc2C[C@@H]1O. The van der Waals surface area contributed by atoms with E-state index >= 15 is 0 Å². The van der Waals surface area contributed by atoms with Gasteiger partial charge in [0.15, 0.2) is 0 Å². The second kappa shape index (κ2) is 5.33. The molecule has 0 spiro atoms. The molecule has 0 aromatic heterocycles. The van der Waals surface area contributed by atoms with Crippen molar-refractivity contribution in [2.75, 3.05) is 6.61 Å². The summed E-state index contributed by atoms with van der Waals surface area (Å²) < 4.78 is 4.88. The molecule has 0 saturated heterocycles. The van der Waals surface area contributed by atoms with Gasteiger partial charge in [0.05, 0.1) is 24.4 Å². The van der Waals surface area contributed by atoms with Crippen LogP contribution < -0.4 is 0 Å². The molecule has 4 heteroatoms. The Morgan fingerprint density at radius 3 is 2.83 bits per heavy atom. The van der Waals surface area contributed by atoms with Crippen LogP contribution >= 0.6 is 0 Å². The Morgan fingerprint density at radius 1 is 1.39 bits per heavy atom. The monoisotopic (exact) mass is 248 g/mol. The van der Waals surface area contributed by atoms with Crippen molar-refractivity contribution < 1.29 is 19.7 Å². The van der Waals surface area contributed by atoms with Gasteiger partial charge in [-0.05, 0) is 24.1 Å². The van der Waals surface area contributed by atoms with Gasteiger partial charge >= 0.3 is 5.97 Å². The Morgan fingerprint density at radius 2 is 2.11 bits per heavy atom. The number of carbonyl (C=O) groups is 1. The summed E-state index contributed by atoms with van der Waals surface area (Å²) in [4.78, 5) is 11.7. The normalized spacial score (nSPS) is 22.7. The van der Waals surface area contributed by atoms with Gasteiger partial charge in [-0.3, -0.25) is 0 Å². The predicted octanol–water partition coefficient (Wildman–Crippen LogP) is 1.13. The first-order valence-electron chi connectivity index (χ1n) is 5.96. The van der Waals surface area contributed by atoms with Crippen LogP contribution in [0, 0.1) is 0 Å². The third kappa shape index (κ3) is 2.44. The molecular formula is C14H16O4. The number of esters is 1. The number of carbonyl (C=O) groups excluding carboxylic acids is 1. The van der Waals surface area contributed by atoms with Crippen LogP contribution in [0.5, 0.6) is 0 Å². The van der Waals surface area contributed by atoms with E-state index in [9.17, 15) is 15.0 Å². The molecule has 0 saturated carbocycles. The highest BCUT2D eigenvalue weighted by Gasteiger charge is 2.26. The summed E-state index contributed by atoms with van der Waals surface area (Å²) in [5.74, 6) is -0.572. The number of benzene rings is 1. The highest BCUT2D eigenvalue weighted by Crippen LogP contribution is 2.27. The van der Waals surface area contributed by atoms with Gasteiger partial charge in [-0.25, -0.2) is 4.79 Å². The molecule has 0 radical (unpaired) electrons. The third-order valence-corrected chi connectivity index (χ3v) is 2.99. The topological polar surface area (TPSA) is 66.8 Å². The minimum atomic E-state index is -0.942. The van der Waals surface area contributed by atoms with Gasteiger partial charge in [-0.15, -0.1) is 0 Å². The van der Waals surface area contributed by atoms with Gasteiger partial charge in [0.1, 0.15) is 0 Å². The summed E-state index contributed by atoms with van der Waals surface area (Å²) >= 11 is 0.